The Morgan fingerprint density at radius 1 is 0.571 bits per heavy atom. The molecule has 0 bridgehead atoms. The van der Waals surface area contributed by atoms with Gasteiger partial charge in [-0.15, -0.1) is 0 Å². The number of rotatable bonds is 0. The molecular formula is C28H44. The van der Waals surface area contributed by atoms with Crippen LogP contribution < -0.4 is 0 Å². The molecule has 0 aromatic rings. The first kappa shape index (κ1) is 18.5. The molecule has 0 radical (unpaired) electrons. The fourth-order valence-electron chi connectivity index (χ4n) is 10.9. The third-order valence-electron chi connectivity index (χ3n) is 11.7. The van der Waals surface area contributed by atoms with Gasteiger partial charge in [0.15, 0.2) is 0 Å². The van der Waals surface area contributed by atoms with E-state index in [1.165, 1.54) is 32.1 Å². The standard InChI is InChI=1S/C28H44/c1-16-24-10-6-4-8-19(24)12-21-14-23-15-22-13-20-9-5-7-11-25(20)17(2)27(22)28(23)18(3)26(16)21/h16-17,19-28H,3-15H2,1-2H3/t16-,17?,19-,20+,21?,22?,23?,24+,25-,26?,27?,28?/m0/s1. The van der Waals surface area contributed by atoms with E-state index in [0.29, 0.717) is 0 Å². The average Bonchev–Trinajstić information content (AvgIpc) is 3.07. The SMILES string of the molecule is C=C1C2C(CC3C[C@H]4CCCC[C@H]4C(C)C32)CC2C[C@@H]3CCCC[C@@H]3[C@H](C)C12. The van der Waals surface area contributed by atoms with Crippen LogP contribution in [0.3, 0.4) is 0 Å². The van der Waals surface area contributed by atoms with Gasteiger partial charge in [-0.1, -0.05) is 64.5 Å². The molecular weight excluding hydrogens is 336 g/mol. The van der Waals surface area contributed by atoms with Crippen LogP contribution in [0.2, 0.25) is 0 Å². The van der Waals surface area contributed by atoms with E-state index in [4.69, 9.17) is 6.58 Å². The molecule has 0 aromatic heterocycles. The van der Waals surface area contributed by atoms with E-state index >= 15 is 0 Å². The molecule has 0 spiro atoms. The lowest BCUT2D eigenvalue weighted by Crippen LogP contribution is -2.48. The molecule has 6 rings (SSSR count). The van der Waals surface area contributed by atoms with Crippen molar-refractivity contribution in [1.29, 1.82) is 0 Å². The van der Waals surface area contributed by atoms with E-state index in [9.17, 15) is 0 Å². The van der Waals surface area contributed by atoms with Gasteiger partial charge in [0, 0.05) is 0 Å². The van der Waals surface area contributed by atoms with Gasteiger partial charge < -0.3 is 0 Å². The predicted molar refractivity (Wildman–Crippen MR) is 118 cm³/mol. The van der Waals surface area contributed by atoms with Gasteiger partial charge >= 0.3 is 0 Å². The summed E-state index contributed by atoms with van der Waals surface area (Å²) in [6.45, 7) is 10.3. The minimum atomic E-state index is 0.885. The molecule has 0 aliphatic heterocycles. The summed E-state index contributed by atoms with van der Waals surface area (Å²) in [5.74, 6) is 12.0. The summed E-state index contributed by atoms with van der Waals surface area (Å²) in [5, 5.41) is 0. The van der Waals surface area contributed by atoms with Crippen LogP contribution in [0.1, 0.15) is 90.9 Å². The zero-order valence-corrected chi connectivity index (χ0v) is 18.6. The van der Waals surface area contributed by atoms with Crippen molar-refractivity contribution in [2.75, 3.05) is 0 Å². The second-order valence-corrected chi connectivity index (χ2v) is 12.6. The first-order valence-electron chi connectivity index (χ1n) is 13.3. The summed E-state index contributed by atoms with van der Waals surface area (Å²) in [6, 6.07) is 0. The number of hydrogen-bond donors (Lipinski definition) is 0. The van der Waals surface area contributed by atoms with Crippen LogP contribution in [0.5, 0.6) is 0 Å². The smallest absolute Gasteiger partial charge is 0.0141 e. The Balaban J connectivity index is 1.28. The molecule has 0 nitrogen and oxygen atoms in total. The Morgan fingerprint density at radius 2 is 1.07 bits per heavy atom. The van der Waals surface area contributed by atoms with Crippen LogP contribution in [-0.4, -0.2) is 0 Å². The summed E-state index contributed by atoms with van der Waals surface area (Å²) in [7, 11) is 0. The van der Waals surface area contributed by atoms with E-state index < -0.39 is 0 Å². The molecule has 0 aromatic carbocycles. The second kappa shape index (κ2) is 6.88. The molecule has 28 heavy (non-hydrogen) atoms. The Bertz CT molecular complexity index is 618. The Kier molecular flexibility index (Phi) is 4.55. The van der Waals surface area contributed by atoms with Crippen LogP contribution in [0.25, 0.3) is 0 Å². The summed E-state index contributed by atoms with van der Waals surface area (Å²) >= 11 is 0. The highest BCUT2D eigenvalue weighted by molar-refractivity contribution is 5.22. The maximum absolute atomic E-state index is 4.96. The minimum absolute atomic E-state index is 0.885. The van der Waals surface area contributed by atoms with Gasteiger partial charge in [-0.25, -0.2) is 0 Å². The van der Waals surface area contributed by atoms with Gasteiger partial charge in [0.2, 0.25) is 0 Å². The molecule has 0 heterocycles. The van der Waals surface area contributed by atoms with Crippen LogP contribution in [0.4, 0.5) is 0 Å². The topological polar surface area (TPSA) is 0 Å². The minimum Gasteiger partial charge on any atom is -0.0993 e. The van der Waals surface area contributed by atoms with Gasteiger partial charge in [0.1, 0.15) is 0 Å². The molecule has 6 aliphatic rings. The quantitative estimate of drug-likeness (QED) is 0.377. The van der Waals surface area contributed by atoms with Gasteiger partial charge in [-0.05, 0) is 110 Å². The lowest BCUT2D eigenvalue weighted by Gasteiger charge is -2.55. The maximum atomic E-state index is 4.96. The first-order valence-corrected chi connectivity index (χ1v) is 13.3. The number of hydrogen-bond acceptors (Lipinski definition) is 0. The largest absolute Gasteiger partial charge is 0.0993 e. The molecule has 0 N–H and O–H groups in total. The molecule has 0 saturated heterocycles. The Morgan fingerprint density at radius 3 is 1.79 bits per heavy atom. The van der Waals surface area contributed by atoms with Crippen molar-refractivity contribution in [2.45, 2.75) is 90.9 Å². The van der Waals surface area contributed by atoms with Crippen molar-refractivity contribution in [2.24, 2.45) is 71.0 Å². The van der Waals surface area contributed by atoms with Crippen molar-refractivity contribution < 1.29 is 0 Å². The Hall–Kier alpha value is -0.260. The molecule has 6 fully saturated rings. The summed E-state index contributed by atoms with van der Waals surface area (Å²) in [5.41, 5.74) is 1.78. The Labute approximate surface area is 174 Å². The van der Waals surface area contributed by atoms with Crippen LogP contribution in [-0.2, 0) is 0 Å². The van der Waals surface area contributed by atoms with Gasteiger partial charge in [-0.3, -0.25) is 0 Å². The molecule has 6 aliphatic carbocycles. The molecule has 7 unspecified atom stereocenters. The van der Waals surface area contributed by atoms with E-state index in [-0.39, 0.29) is 0 Å². The van der Waals surface area contributed by atoms with Crippen molar-refractivity contribution in [3.63, 3.8) is 0 Å². The third kappa shape index (κ3) is 2.61. The molecule has 6 saturated carbocycles. The van der Waals surface area contributed by atoms with E-state index in [1.54, 1.807) is 50.5 Å². The van der Waals surface area contributed by atoms with E-state index in [2.05, 4.69) is 13.8 Å². The van der Waals surface area contributed by atoms with Crippen LogP contribution in [0, 0.1) is 71.0 Å². The van der Waals surface area contributed by atoms with Gasteiger partial charge in [0.05, 0.1) is 0 Å². The zero-order chi connectivity index (χ0) is 19.0. The van der Waals surface area contributed by atoms with Gasteiger partial charge in [0.25, 0.3) is 0 Å². The fourth-order valence-corrected chi connectivity index (χ4v) is 10.9. The third-order valence-corrected chi connectivity index (χ3v) is 11.7. The highest BCUT2D eigenvalue weighted by atomic mass is 14.6. The number of fused-ring (bicyclic) bond motifs is 6. The highest BCUT2D eigenvalue weighted by Crippen LogP contribution is 2.66. The highest BCUT2D eigenvalue weighted by Gasteiger charge is 2.58. The lowest BCUT2D eigenvalue weighted by atomic mass is 9.50. The van der Waals surface area contributed by atoms with Crippen LogP contribution >= 0.6 is 0 Å². The average molecular weight is 381 g/mol. The lowest BCUT2D eigenvalue weighted by molar-refractivity contribution is -0.0154. The maximum Gasteiger partial charge on any atom is -0.0141 e. The monoisotopic (exact) mass is 380 g/mol. The zero-order valence-electron chi connectivity index (χ0n) is 18.6. The van der Waals surface area contributed by atoms with Crippen molar-refractivity contribution in [1.82, 2.24) is 0 Å². The molecule has 0 heteroatoms. The summed E-state index contributed by atoms with van der Waals surface area (Å²) in [4.78, 5) is 0. The first-order chi connectivity index (χ1) is 13.6. The predicted octanol–water partition coefficient (Wildman–Crippen LogP) is 7.74. The number of allylic oxidation sites excluding steroid dienone is 1. The van der Waals surface area contributed by atoms with Gasteiger partial charge in [-0.2, -0.15) is 0 Å². The van der Waals surface area contributed by atoms with Crippen molar-refractivity contribution in [3.05, 3.63) is 12.2 Å². The van der Waals surface area contributed by atoms with E-state index in [1.807, 2.05) is 0 Å². The summed E-state index contributed by atoms with van der Waals surface area (Å²) in [6.07, 6.45) is 18.6. The molecule has 0 amide bonds. The molecule has 12 atom stereocenters. The van der Waals surface area contributed by atoms with E-state index in [0.717, 1.165) is 71.0 Å². The second-order valence-electron chi connectivity index (χ2n) is 12.6. The van der Waals surface area contributed by atoms with Crippen molar-refractivity contribution in [3.8, 4) is 0 Å². The summed E-state index contributed by atoms with van der Waals surface area (Å²) < 4.78 is 0. The fraction of sp³-hybridized carbons (Fsp3) is 0.929. The van der Waals surface area contributed by atoms with Crippen LogP contribution in [0.15, 0.2) is 12.2 Å². The van der Waals surface area contributed by atoms with Crippen molar-refractivity contribution >= 4 is 0 Å². The normalized spacial score (nSPS) is 58.1. The molecule has 156 valence electrons.